The van der Waals surface area contributed by atoms with Gasteiger partial charge in [0.1, 0.15) is 5.25 Å². The molecule has 3 rings (SSSR count). The Morgan fingerprint density at radius 1 is 1.21 bits per heavy atom. The molecule has 3 atom stereocenters. The van der Waals surface area contributed by atoms with Crippen molar-refractivity contribution in [3.8, 4) is 0 Å². The summed E-state index contributed by atoms with van der Waals surface area (Å²) in [5.41, 5.74) is 7.24. The van der Waals surface area contributed by atoms with E-state index in [0.29, 0.717) is 5.69 Å². The standard InChI is InChI=1S/C21H23N3O4S/c1-3-28-20(26)17-18(29-16-11-7-10-15(22)12-16)19(25)24(17)21(27)23-13(2)14-8-5-4-6-9-14/h4-13,17-18H,3,22H2,1-2H3,(H,23,27)/t13-,17+,18+/m1/s1. The van der Waals surface area contributed by atoms with Crippen molar-refractivity contribution in [2.45, 2.75) is 36.1 Å². The number of likely N-dealkylation sites (tertiary alicyclic amines) is 1. The number of carbonyl (C=O) groups excluding carboxylic acids is 3. The number of urea groups is 1. The Balaban J connectivity index is 1.75. The zero-order valence-electron chi connectivity index (χ0n) is 16.2. The molecule has 1 aliphatic rings. The molecule has 2 aromatic carbocycles. The molecule has 0 bridgehead atoms. The minimum atomic E-state index is -0.989. The number of esters is 1. The normalized spacial score (nSPS) is 19.2. The van der Waals surface area contributed by atoms with Crippen LogP contribution >= 0.6 is 11.8 Å². The average Bonchev–Trinajstić information content (AvgIpc) is 2.70. The van der Waals surface area contributed by atoms with Gasteiger partial charge >= 0.3 is 12.0 Å². The van der Waals surface area contributed by atoms with E-state index in [1.807, 2.05) is 37.3 Å². The number of rotatable bonds is 6. The third-order valence-corrected chi connectivity index (χ3v) is 5.79. The number of amides is 3. The first kappa shape index (κ1) is 20.7. The smallest absolute Gasteiger partial charge is 0.331 e. The predicted molar refractivity (Wildman–Crippen MR) is 111 cm³/mol. The Labute approximate surface area is 173 Å². The number of ether oxygens (including phenoxy) is 1. The second kappa shape index (κ2) is 9.00. The fourth-order valence-electron chi connectivity index (χ4n) is 3.07. The van der Waals surface area contributed by atoms with Crippen molar-refractivity contribution >= 4 is 35.4 Å². The zero-order valence-corrected chi connectivity index (χ0v) is 17.0. The van der Waals surface area contributed by atoms with Crippen LogP contribution in [0.3, 0.4) is 0 Å². The highest BCUT2D eigenvalue weighted by molar-refractivity contribution is 8.00. The summed E-state index contributed by atoms with van der Waals surface area (Å²) in [5, 5.41) is 2.04. The number of benzene rings is 2. The molecule has 1 aliphatic heterocycles. The van der Waals surface area contributed by atoms with E-state index in [-0.39, 0.29) is 12.6 Å². The van der Waals surface area contributed by atoms with E-state index >= 15 is 0 Å². The van der Waals surface area contributed by atoms with Gasteiger partial charge in [-0.15, -0.1) is 11.8 Å². The highest BCUT2D eigenvalue weighted by atomic mass is 32.2. The summed E-state index contributed by atoms with van der Waals surface area (Å²) in [6, 6.07) is 14.5. The number of anilines is 1. The summed E-state index contributed by atoms with van der Waals surface area (Å²) in [7, 11) is 0. The molecular weight excluding hydrogens is 390 g/mol. The van der Waals surface area contributed by atoms with Crippen molar-refractivity contribution in [1.82, 2.24) is 10.2 Å². The lowest BCUT2D eigenvalue weighted by molar-refractivity contribution is -0.160. The molecule has 0 saturated carbocycles. The Hall–Kier alpha value is -3.00. The van der Waals surface area contributed by atoms with Crippen LogP contribution in [0.4, 0.5) is 10.5 Å². The van der Waals surface area contributed by atoms with Gasteiger partial charge in [0.2, 0.25) is 5.91 Å². The molecule has 0 unspecified atom stereocenters. The third-order valence-electron chi connectivity index (χ3n) is 4.55. The number of nitrogens with zero attached hydrogens (tertiary/aromatic N) is 1. The van der Waals surface area contributed by atoms with Crippen molar-refractivity contribution in [3.05, 3.63) is 60.2 Å². The lowest BCUT2D eigenvalue weighted by Gasteiger charge is -2.43. The van der Waals surface area contributed by atoms with Gasteiger partial charge in [-0.3, -0.25) is 4.79 Å². The van der Waals surface area contributed by atoms with Crippen LogP contribution in [0.1, 0.15) is 25.5 Å². The topological polar surface area (TPSA) is 102 Å². The summed E-state index contributed by atoms with van der Waals surface area (Å²) in [4.78, 5) is 39.6. The van der Waals surface area contributed by atoms with E-state index in [1.165, 1.54) is 11.8 Å². The van der Waals surface area contributed by atoms with Gasteiger partial charge in [-0.05, 0) is 37.6 Å². The molecule has 152 valence electrons. The quantitative estimate of drug-likeness (QED) is 0.429. The number of hydrogen-bond donors (Lipinski definition) is 2. The summed E-state index contributed by atoms with van der Waals surface area (Å²) in [6.45, 7) is 3.66. The van der Waals surface area contributed by atoms with Crippen LogP contribution in [0.5, 0.6) is 0 Å². The van der Waals surface area contributed by atoms with Crippen molar-refractivity contribution in [3.63, 3.8) is 0 Å². The molecule has 1 fully saturated rings. The maximum absolute atomic E-state index is 12.7. The molecule has 2 aromatic rings. The molecule has 1 saturated heterocycles. The minimum Gasteiger partial charge on any atom is -0.464 e. The van der Waals surface area contributed by atoms with Gasteiger partial charge < -0.3 is 15.8 Å². The van der Waals surface area contributed by atoms with Gasteiger partial charge in [-0.1, -0.05) is 36.4 Å². The molecule has 7 nitrogen and oxygen atoms in total. The van der Waals surface area contributed by atoms with Gasteiger partial charge in [0.25, 0.3) is 0 Å². The summed E-state index contributed by atoms with van der Waals surface area (Å²) in [5.74, 6) is -1.04. The first-order valence-corrected chi connectivity index (χ1v) is 10.2. The minimum absolute atomic E-state index is 0.162. The number of nitrogen functional groups attached to an aromatic ring is 1. The maximum atomic E-state index is 12.7. The molecular formula is C21H23N3O4S. The summed E-state index contributed by atoms with van der Waals surface area (Å²) in [6.07, 6.45) is 0. The largest absolute Gasteiger partial charge is 0.464 e. The lowest BCUT2D eigenvalue weighted by atomic mass is 10.0. The Morgan fingerprint density at radius 2 is 1.93 bits per heavy atom. The highest BCUT2D eigenvalue weighted by Gasteiger charge is 2.56. The first-order chi connectivity index (χ1) is 13.9. The average molecular weight is 413 g/mol. The number of carbonyl (C=O) groups is 3. The summed E-state index contributed by atoms with van der Waals surface area (Å²) < 4.78 is 5.10. The fourth-order valence-corrected chi connectivity index (χ4v) is 4.31. The fraction of sp³-hybridized carbons (Fsp3) is 0.286. The van der Waals surface area contributed by atoms with Crippen molar-refractivity contribution in [2.24, 2.45) is 0 Å². The number of nitrogens with one attached hydrogen (secondary N) is 1. The van der Waals surface area contributed by atoms with E-state index in [4.69, 9.17) is 10.5 Å². The molecule has 3 amide bonds. The van der Waals surface area contributed by atoms with Gasteiger partial charge in [-0.2, -0.15) is 0 Å². The molecule has 8 heteroatoms. The van der Waals surface area contributed by atoms with Crippen molar-refractivity contribution < 1.29 is 19.1 Å². The van der Waals surface area contributed by atoms with Crippen LogP contribution in [-0.2, 0) is 14.3 Å². The van der Waals surface area contributed by atoms with Crippen molar-refractivity contribution in [2.75, 3.05) is 12.3 Å². The van der Waals surface area contributed by atoms with Crippen LogP contribution in [0.2, 0.25) is 0 Å². The number of thioether (sulfide) groups is 1. The molecule has 0 aromatic heterocycles. The summed E-state index contributed by atoms with van der Waals surface area (Å²) >= 11 is 1.20. The van der Waals surface area contributed by atoms with Crippen LogP contribution in [0.25, 0.3) is 0 Å². The first-order valence-electron chi connectivity index (χ1n) is 9.29. The molecule has 1 heterocycles. The molecule has 29 heavy (non-hydrogen) atoms. The van der Waals surface area contributed by atoms with E-state index in [9.17, 15) is 14.4 Å². The Morgan fingerprint density at radius 3 is 2.59 bits per heavy atom. The van der Waals surface area contributed by atoms with Gasteiger partial charge in [0, 0.05) is 10.6 Å². The number of hydrogen-bond acceptors (Lipinski definition) is 6. The predicted octanol–water partition coefficient (Wildman–Crippen LogP) is 2.97. The van der Waals surface area contributed by atoms with Gasteiger partial charge in [0.15, 0.2) is 6.04 Å². The molecule has 0 spiro atoms. The Kier molecular flexibility index (Phi) is 6.43. The van der Waals surface area contributed by atoms with E-state index in [2.05, 4.69) is 5.32 Å². The molecule has 0 radical (unpaired) electrons. The van der Waals surface area contributed by atoms with Crippen LogP contribution in [0.15, 0.2) is 59.5 Å². The van der Waals surface area contributed by atoms with Gasteiger partial charge in [-0.25, -0.2) is 14.5 Å². The van der Waals surface area contributed by atoms with Crippen LogP contribution < -0.4 is 11.1 Å². The van der Waals surface area contributed by atoms with E-state index < -0.39 is 29.2 Å². The second-order valence-corrected chi connectivity index (χ2v) is 7.81. The number of β-lactam (4-membered cyclic amide) rings is 1. The highest BCUT2D eigenvalue weighted by Crippen LogP contribution is 2.37. The molecule has 0 aliphatic carbocycles. The Bertz CT molecular complexity index is 906. The van der Waals surface area contributed by atoms with E-state index in [1.54, 1.807) is 31.2 Å². The number of imide groups is 1. The van der Waals surface area contributed by atoms with Gasteiger partial charge in [0.05, 0.1) is 12.6 Å². The monoisotopic (exact) mass is 413 g/mol. The van der Waals surface area contributed by atoms with Crippen LogP contribution in [-0.4, -0.2) is 40.7 Å². The van der Waals surface area contributed by atoms with Crippen molar-refractivity contribution in [1.29, 1.82) is 0 Å². The zero-order chi connectivity index (χ0) is 21.0. The lowest BCUT2D eigenvalue weighted by Crippen LogP contribution is -2.70. The van der Waals surface area contributed by atoms with E-state index in [0.717, 1.165) is 15.4 Å². The third kappa shape index (κ3) is 4.54. The SMILES string of the molecule is CCOC(=O)[C@@H]1[C@H](Sc2cccc(N)c2)C(=O)N1C(=O)N[C@H](C)c1ccccc1. The second-order valence-electron chi connectivity index (χ2n) is 6.60. The molecule has 3 N–H and O–H groups in total. The number of nitrogens with two attached hydrogens (primary N) is 1. The van der Waals surface area contributed by atoms with Crippen LogP contribution in [0, 0.1) is 0 Å². The maximum Gasteiger partial charge on any atom is 0.331 e.